The van der Waals surface area contributed by atoms with Crippen molar-refractivity contribution in [3.8, 4) is 0 Å². The summed E-state index contributed by atoms with van der Waals surface area (Å²) in [6.45, 7) is 4.24. The molecule has 2 aliphatic rings. The Bertz CT molecular complexity index is 424. The Morgan fingerprint density at radius 3 is 2.48 bits per heavy atom. The molecule has 116 valence electrons. The van der Waals surface area contributed by atoms with Crippen molar-refractivity contribution in [3.63, 3.8) is 0 Å². The predicted molar refractivity (Wildman–Crippen MR) is 84.7 cm³/mol. The summed E-state index contributed by atoms with van der Waals surface area (Å²) in [6.07, 6.45) is 3.79. The molecule has 0 amide bonds. The van der Waals surface area contributed by atoms with Gasteiger partial charge in [0.25, 0.3) is 0 Å². The van der Waals surface area contributed by atoms with Crippen LogP contribution in [-0.4, -0.2) is 49.6 Å². The summed E-state index contributed by atoms with van der Waals surface area (Å²) in [6, 6.07) is 11.1. The molecule has 0 saturated carbocycles. The number of para-hydroxylation sites is 1. The van der Waals surface area contributed by atoms with Crippen molar-refractivity contribution in [2.45, 2.75) is 37.3 Å². The number of benzene rings is 1. The lowest BCUT2D eigenvalue weighted by molar-refractivity contribution is -0.0630. The predicted octanol–water partition coefficient (Wildman–Crippen LogP) is 1.79. The smallest absolute Gasteiger partial charge is 0.0815 e. The number of anilines is 1. The molecule has 4 nitrogen and oxygen atoms in total. The Morgan fingerprint density at radius 2 is 1.81 bits per heavy atom. The number of rotatable bonds is 4. The van der Waals surface area contributed by atoms with Gasteiger partial charge in [-0.05, 0) is 25.0 Å². The number of piperidine rings is 1. The average Bonchev–Trinajstić information content (AvgIpc) is 2.55. The fraction of sp³-hybridized carbons (Fsp3) is 0.647. The van der Waals surface area contributed by atoms with E-state index in [1.165, 1.54) is 5.69 Å². The molecule has 2 heterocycles. The fourth-order valence-corrected chi connectivity index (χ4v) is 3.24. The second-order valence-corrected chi connectivity index (χ2v) is 6.31. The SMILES string of the molecule is OC1(CNC2CCN(c3ccccc3)CC2)CCOCC1. The van der Waals surface area contributed by atoms with Crippen LogP contribution in [0.4, 0.5) is 5.69 Å². The number of nitrogens with zero attached hydrogens (tertiary/aromatic N) is 1. The summed E-state index contributed by atoms with van der Waals surface area (Å²) < 4.78 is 5.33. The van der Waals surface area contributed by atoms with Gasteiger partial charge in [0.15, 0.2) is 0 Å². The quantitative estimate of drug-likeness (QED) is 0.887. The van der Waals surface area contributed by atoms with E-state index in [9.17, 15) is 5.11 Å². The van der Waals surface area contributed by atoms with Gasteiger partial charge in [-0.25, -0.2) is 0 Å². The molecule has 21 heavy (non-hydrogen) atoms. The highest BCUT2D eigenvalue weighted by Crippen LogP contribution is 2.22. The summed E-state index contributed by atoms with van der Waals surface area (Å²) in [5.41, 5.74) is 0.758. The third-order valence-corrected chi connectivity index (χ3v) is 4.76. The van der Waals surface area contributed by atoms with Crippen LogP contribution < -0.4 is 10.2 Å². The largest absolute Gasteiger partial charge is 0.388 e. The molecular weight excluding hydrogens is 264 g/mol. The van der Waals surface area contributed by atoms with Crippen molar-refractivity contribution in [2.75, 3.05) is 37.7 Å². The third kappa shape index (κ3) is 3.96. The van der Waals surface area contributed by atoms with E-state index in [2.05, 4.69) is 40.5 Å². The molecule has 2 fully saturated rings. The molecule has 1 aromatic rings. The van der Waals surface area contributed by atoms with Crippen LogP contribution in [0, 0.1) is 0 Å². The van der Waals surface area contributed by atoms with Crippen molar-refractivity contribution in [1.82, 2.24) is 5.32 Å². The lowest BCUT2D eigenvalue weighted by Crippen LogP contribution is -2.50. The molecule has 1 aromatic carbocycles. The molecule has 0 aliphatic carbocycles. The van der Waals surface area contributed by atoms with Gasteiger partial charge in [-0.15, -0.1) is 0 Å². The minimum atomic E-state index is -0.561. The second kappa shape index (κ2) is 6.77. The van der Waals surface area contributed by atoms with Crippen LogP contribution in [0.1, 0.15) is 25.7 Å². The van der Waals surface area contributed by atoms with Gasteiger partial charge in [-0.2, -0.15) is 0 Å². The van der Waals surface area contributed by atoms with Gasteiger partial charge in [0.05, 0.1) is 5.60 Å². The Hall–Kier alpha value is -1.10. The van der Waals surface area contributed by atoms with Gasteiger partial charge < -0.3 is 20.1 Å². The zero-order valence-corrected chi connectivity index (χ0v) is 12.6. The number of hydrogen-bond donors (Lipinski definition) is 2. The number of nitrogens with one attached hydrogen (secondary N) is 1. The van der Waals surface area contributed by atoms with Crippen LogP contribution >= 0.6 is 0 Å². The summed E-state index contributed by atoms with van der Waals surface area (Å²) in [7, 11) is 0. The zero-order chi connectivity index (χ0) is 14.5. The molecule has 0 bridgehead atoms. The Balaban J connectivity index is 1.43. The first-order chi connectivity index (χ1) is 10.3. The van der Waals surface area contributed by atoms with Gasteiger partial charge in [-0.1, -0.05) is 18.2 Å². The molecule has 0 radical (unpaired) electrons. The van der Waals surface area contributed by atoms with Crippen LogP contribution in [0.2, 0.25) is 0 Å². The molecule has 2 saturated heterocycles. The molecule has 4 heteroatoms. The normalized spacial score (nSPS) is 23.2. The number of hydrogen-bond acceptors (Lipinski definition) is 4. The van der Waals surface area contributed by atoms with Crippen molar-refractivity contribution >= 4 is 5.69 Å². The number of aliphatic hydroxyl groups is 1. The monoisotopic (exact) mass is 290 g/mol. The van der Waals surface area contributed by atoms with Crippen molar-refractivity contribution < 1.29 is 9.84 Å². The topological polar surface area (TPSA) is 44.7 Å². The molecule has 0 unspecified atom stereocenters. The van der Waals surface area contributed by atoms with E-state index in [4.69, 9.17) is 4.74 Å². The van der Waals surface area contributed by atoms with Crippen molar-refractivity contribution in [1.29, 1.82) is 0 Å². The maximum absolute atomic E-state index is 10.5. The van der Waals surface area contributed by atoms with E-state index < -0.39 is 5.60 Å². The maximum atomic E-state index is 10.5. The van der Waals surface area contributed by atoms with Crippen LogP contribution in [0.3, 0.4) is 0 Å². The maximum Gasteiger partial charge on any atom is 0.0815 e. The number of ether oxygens (including phenoxy) is 1. The van der Waals surface area contributed by atoms with E-state index in [1.54, 1.807) is 0 Å². The molecule has 0 atom stereocenters. The lowest BCUT2D eigenvalue weighted by Gasteiger charge is -2.37. The molecule has 2 N–H and O–H groups in total. The average molecular weight is 290 g/mol. The first-order valence-corrected chi connectivity index (χ1v) is 8.09. The molecule has 0 aromatic heterocycles. The van der Waals surface area contributed by atoms with Gasteiger partial charge in [0.2, 0.25) is 0 Å². The van der Waals surface area contributed by atoms with E-state index in [-0.39, 0.29) is 0 Å². The van der Waals surface area contributed by atoms with Gasteiger partial charge in [0, 0.05) is 57.4 Å². The highest BCUT2D eigenvalue weighted by atomic mass is 16.5. The molecule has 0 spiro atoms. The van der Waals surface area contributed by atoms with Gasteiger partial charge in [0.1, 0.15) is 0 Å². The Morgan fingerprint density at radius 1 is 1.14 bits per heavy atom. The standard InChI is InChI=1S/C17H26N2O2/c20-17(8-12-21-13-9-17)14-18-15-6-10-19(11-7-15)16-4-2-1-3-5-16/h1-5,15,18,20H,6-14H2. The van der Waals surface area contributed by atoms with Gasteiger partial charge >= 0.3 is 0 Å². The fourth-order valence-electron chi connectivity index (χ4n) is 3.24. The van der Waals surface area contributed by atoms with Crippen LogP contribution in [0.15, 0.2) is 30.3 Å². The molecule has 3 rings (SSSR count). The summed E-state index contributed by atoms with van der Waals surface area (Å²) in [5, 5.41) is 14.1. The van der Waals surface area contributed by atoms with Crippen LogP contribution in [-0.2, 0) is 4.74 Å². The second-order valence-electron chi connectivity index (χ2n) is 6.31. The summed E-state index contributed by atoms with van der Waals surface area (Å²) >= 11 is 0. The zero-order valence-electron chi connectivity index (χ0n) is 12.6. The highest BCUT2D eigenvalue weighted by Gasteiger charge is 2.30. The lowest BCUT2D eigenvalue weighted by atomic mass is 9.93. The van der Waals surface area contributed by atoms with E-state index in [0.29, 0.717) is 25.8 Å². The first kappa shape index (κ1) is 14.8. The van der Waals surface area contributed by atoms with E-state index in [1.807, 2.05) is 0 Å². The first-order valence-electron chi connectivity index (χ1n) is 8.09. The van der Waals surface area contributed by atoms with Crippen molar-refractivity contribution in [2.24, 2.45) is 0 Å². The van der Waals surface area contributed by atoms with E-state index >= 15 is 0 Å². The summed E-state index contributed by atoms with van der Waals surface area (Å²) in [5.74, 6) is 0. The minimum Gasteiger partial charge on any atom is -0.388 e. The third-order valence-electron chi connectivity index (χ3n) is 4.76. The highest BCUT2D eigenvalue weighted by molar-refractivity contribution is 5.46. The van der Waals surface area contributed by atoms with Gasteiger partial charge in [-0.3, -0.25) is 0 Å². The van der Waals surface area contributed by atoms with Crippen molar-refractivity contribution in [3.05, 3.63) is 30.3 Å². The summed E-state index contributed by atoms with van der Waals surface area (Å²) in [4.78, 5) is 2.45. The molecule has 2 aliphatic heterocycles. The Labute approximate surface area is 127 Å². The Kier molecular flexibility index (Phi) is 4.78. The van der Waals surface area contributed by atoms with Crippen LogP contribution in [0.5, 0.6) is 0 Å². The minimum absolute atomic E-state index is 0.525. The molecular formula is C17H26N2O2. The van der Waals surface area contributed by atoms with E-state index in [0.717, 1.165) is 38.8 Å². The van der Waals surface area contributed by atoms with Crippen LogP contribution in [0.25, 0.3) is 0 Å².